The molecule has 140 valence electrons. The molecule has 0 aliphatic heterocycles. The normalized spacial score (nSPS) is 11.8. The molecule has 0 spiro atoms. The summed E-state index contributed by atoms with van der Waals surface area (Å²) in [5.74, 6) is 1.12. The van der Waals surface area contributed by atoms with E-state index in [2.05, 4.69) is 63.7 Å². The summed E-state index contributed by atoms with van der Waals surface area (Å²) in [6.07, 6.45) is 1.23. The van der Waals surface area contributed by atoms with Crippen LogP contribution in [0, 0.1) is 13.8 Å². The minimum absolute atomic E-state index is 0.0666. The first-order chi connectivity index (χ1) is 12.5. The van der Waals surface area contributed by atoms with Gasteiger partial charge in [-0.3, -0.25) is 10.1 Å². The van der Waals surface area contributed by atoms with E-state index >= 15 is 0 Å². The van der Waals surface area contributed by atoms with E-state index in [1.807, 2.05) is 0 Å². The molecule has 1 aromatic carbocycles. The molecule has 0 fully saturated rings. The molecular weight excluding hydrogens is 330 g/mol. The van der Waals surface area contributed by atoms with Crippen molar-refractivity contribution in [1.29, 1.82) is 0 Å². The molecule has 2 N–H and O–H groups in total. The number of carbonyl (C=O) groups excluding carboxylic acids is 1. The number of hydrogen-bond acceptors (Lipinski definition) is 6. The number of hydrogen-bond donors (Lipinski definition) is 2. The molecule has 7 heteroatoms. The Labute approximate surface area is 154 Å². The van der Waals surface area contributed by atoms with Crippen LogP contribution in [0.4, 0.5) is 11.9 Å². The lowest BCUT2D eigenvalue weighted by Crippen LogP contribution is -2.26. The summed E-state index contributed by atoms with van der Waals surface area (Å²) in [6, 6.07) is 8.36. The fraction of sp³-hybridized carbons (Fsp3) is 0.474. The van der Waals surface area contributed by atoms with Crippen LogP contribution in [0.3, 0.4) is 0 Å². The molecule has 0 bridgehead atoms. The Balaban J connectivity index is 1.91. The molecule has 26 heavy (non-hydrogen) atoms. The van der Waals surface area contributed by atoms with E-state index in [1.165, 1.54) is 5.56 Å². The third-order valence-electron chi connectivity index (χ3n) is 3.85. The average Bonchev–Trinajstić information content (AvgIpc) is 2.61. The molecule has 0 aliphatic carbocycles. The van der Waals surface area contributed by atoms with Crippen molar-refractivity contribution < 1.29 is 9.53 Å². The van der Waals surface area contributed by atoms with Gasteiger partial charge in [-0.25, -0.2) is 0 Å². The molecule has 1 heterocycles. The number of nitrogens with one attached hydrogen (secondary N) is 2. The van der Waals surface area contributed by atoms with Gasteiger partial charge in [0, 0.05) is 6.42 Å². The number of rotatable bonds is 9. The standard InChI is InChI=1S/C19H27N5O2/c1-5-16(12-26-11-15-9-7-13(3)8-10-15)22-18-20-14(4)21-19(24-18)23-17(25)6-2/h7-10,16H,5-6,11-12H2,1-4H3,(H2,20,21,22,23,24,25). The Bertz CT molecular complexity index is 718. The Morgan fingerprint density at radius 2 is 1.77 bits per heavy atom. The van der Waals surface area contributed by atoms with E-state index < -0.39 is 0 Å². The Morgan fingerprint density at radius 3 is 2.42 bits per heavy atom. The maximum atomic E-state index is 11.5. The van der Waals surface area contributed by atoms with Crippen molar-refractivity contribution in [2.75, 3.05) is 17.2 Å². The molecule has 1 atom stereocenters. The number of carbonyl (C=O) groups is 1. The van der Waals surface area contributed by atoms with Crippen molar-refractivity contribution in [2.24, 2.45) is 0 Å². The highest BCUT2D eigenvalue weighted by atomic mass is 16.5. The predicted molar refractivity (Wildman–Crippen MR) is 102 cm³/mol. The minimum Gasteiger partial charge on any atom is -0.375 e. The first-order valence-corrected chi connectivity index (χ1v) is 8.92. The summed E-state index contributed by atoms with van der Waals surface area (Å²) in [7, 11) is 0. The van der Waals surface area contributed by atoms with Gasteiger partial charge in [0.05, 0.1) is 19.3 Å². The van der Waals surface area contributed by atoms with Crippen LogP contribution in [-0.4, -0.2) is 33.5 Å². The number of nitrogens with zero attached hydrogens (tertiary/aromatic N) is 3. The molecule has 2 aromatic rings. The van der Waals surface area contributed by atoms with Crippen LogP contribution < -0.4 is 10.6 Å². The molecule has 1 amide bonds. The van der Waals surface area contributed by atoms with Gasteiger partial charge in [-0.1, -0.05) is 43.7 Å². The van der Waals surface area contributed by atoms with E-state index in [1.54, 1.807) is 13.8 Å². The average molecular weight is 357 g/mol. The third-order valence-corrected chi connectivity index (χ3v) is 3.85. The van der Waals surface area contributed by atoms with E-state index in [0.29, 0.717) is 31.4 Å². The largest absolute Gasteiger partial charge is 0.375 e. The van der Waals surface area contributed by atoms with E-state index in [0.717, 1.165) is 12.0 Å². The summed E-state index contributed by atoms with van der Waals surface area (Å²) < 4.78 is 5.82. The van der Waals surface area contributed by atoms with Crippen molar-refractivity contribution in [3.63, 3.8) is 0 Å². The second-order valence-corrected chi connectivity index (χ2v) is 6.18. The number of anilines is 2. The van der Waals surface area contributed by atoms with Gasteiger partial charge < -0.3 is 10.1 Å². The fourth-order valence-corrected chi connectivity index (χ4v) is 2.26. The van der Waals surface area contributed by atoms with Crippen LogP contribution in [0.1, 0.15) is 43.6 Å². The zero-order valence-corrected chi connectivity index (χ0v) is 15.9. The number of amides is 1. The second kappa shape index (κ2) is 9.82. The van der Waals surface area contributed by atoms with Crippen LogP contribution in [0.15, 0.2) is 24.3 Å². The van der Waals surface area contributed by atoms with Crippen molar-refractivity contribution in [3.8, 4) is 0 Å². The molecule has 7 nitrogen and oxygen atoms in total. The van der Waals surface area contributed by atoms with E-state index in [4.69, 9.17) is 4.74 Å². The molecule has 0 saturated heterocycles. The van der Waals surface area contributed by atoms with E-state index in [-0.39, 0.29) is 17.9 Å². The van der Waals surface area contributed by atoms with Crippen molar-refractivity contribution in [3.05, 3.63) is 41.2 Å². The Hall–Kier alpha value is -2.54. The summed E-state index contributed by atoms with van der Waals surface area (Å²) >= 11 is 0. The number of ether oxygens (including phenoxy) is 1. The van der Waals surface area contributed by atoms with Crippen LogP contribution in [0.2, 0.25) is 0 Å². The van der Waals surface area contributed by atoms with Crippen LogP contribution in [-0.2, 0) is 16.1 Å². The summed E-state index contributed by atoms with van der Waals surface area (Å²) in [6.45, 7) is 8.78. The highest BCUT2D eigenvalue weighted by molar-refractivity contribution is 5.88. The van der Waals surface area contributed by atoms with Gasteiger partial charge in [-0.15, -0.1) is 0 Å². The number of benzene rings is 1. The lowest BCUT2D eigenvalue weighted by molar-refractivity contribution is -0.115. The summed E-state index contributed by atoms with van der Waals surface area (Å²) in [4.78, 5) is 24.2. The van der Waals surface area contributed by atoms with Crippen molar-refractivity contribution in [2.45, 2.75) is 53.2 Å². The van der Waals surface area contributed by atoms with Gasteiger partial charge in [0.15, 0.2) is 0 Å². The first-order valence-electron chi connectivity index (χ1n) is 8.92. The highest BCUT2D eigenvalue weighted by Crippen LogP contribution is 2.10. The maximum absolute atomic E-state index is 11.5. The molecule has 1 unspecified atom stereocenters. The SMILES string of the molecule is CCC(=O)Nc1nc(C)nc(NC(CC)COCc2ccc(C)cc2)n1. The summed E-state index contributed by atoms with van der Waals surface area (Å²) in [5.41, 5.74) is 2.38. The molecule has 0 radical (unpaired) electrons. The minimum atomic E-state index is -0.130. The van der Waals surface area contributed by atoms with Crippen molar-refractivity contribution in [1.82, 2.24) is 15.0 Å². The Morgan fingerprint density at radius 1 is 1.08 bits per heavy atom. The van der Waals surface area contributed by atoms with Crippen molar-refractivity contribution >= 4 is 17.8 Å². The van der Waals surface area contributed by atoms with Gasteiger partial charge in [0.25, 0.3) is 0 Å². The second-order valence-electron chi connectivity index (χ2n) is 6.18. The van der Waals surface area contributed by atoms with Gasteiger partial charge in [0.2, 0.25) is 17.8 Å². The van der Waals surface area contributed by atoms with Gasteiger partial charge >= 0.3 is 0 Å². The third kappa shape index (κ3) is 6.40. The zero-order valence-electron chi connectivity index (χ0n) is 15.9. The Kier molecular flexibility index (Phi) is 7.47. The first kappa shape index (κ1) is 19.8. The monoisotopic (exact) mass is 357 g/mol. The number of aryl methyl sites for hydroxylation is 2. The quantitative estimate of drug-likeness (QED) is 0.716. The topological polar surface area (TPSA) is 89.0 Å². The van der Waals surface area contributed by atoms with Crippen LogP contribution >= 0.6 is 0 Å². The highest BCUT2D eigenvalue weighted by Gasteiger charge is 2.11. The summed E-state index contributed by atoms with van der Waals surface area (Å²) in [5, 5.41) is 5.92. The molecule has 2 rings (SSSR count). The fourth-order valence-electron chi connectivity index (χ4n) is 2.26. The van der Waals surface area contributed by atoms with Gasteiger partial charge in [0.1, 0.15) is 5.82 Å². The zero-order chi connectivity index (χ0) is 18.9. The van der Waals surface area contributed by atoms with Gasteiger partial charge in [-0.05, 0) is 25.8 Å². The predicted octanol–water partition coefficient (Wildman–Crippen LogP) is 3.24. The molecule has 0 saturated carbocycles. The van der Waals surface area contributed by atoms with E-state index in [9.17, 15) is 4.79 Å². The smallest absolute Gasteiger partial charge is 0.234 e. The molecular formula is C19H27N5O2. The lowest BCUT2D eigenvalue weighted by atomic mass is 10.2. The molecule has 0 aliphatic rings. The lowest BCUT2D eigenvalue weighted by Gasteiger charge is -2.17. The van der Waals surface area contributed by atoms with Crippen LogP contribution in [0.5, 0.6) is 0 Å². The number of aromatic nitrogens is 3. The molecule has 1 aromatic heterocycles. The maximum Gasteiger partial charge on any atom is 0.234 e. The van der Waals surface area contributed by atoms with Gasteiger partial charge in [-0.2, -0.15) is 15.0 Å². The van der Waals surface area contributed by atoms with Crippen LogP contribution in [0.25, 0.3) is 0 Å².